The predicted molar refractivity (Wildman–Crippen MR) is 57.8 cm³/mol. The third kappa shape index (κ3) is 2.08. The van der Waals surface area contributed by atoms with Crippen LogP contribution in [0.1, 0.15) is 40.5 Å². The lowest BCUT2D eigenvalue weighted by Crippen LogP contribution is -2.46. The van der Waals surface area contributed by atoms with Gasteiger partial charge in [-0.15, -0.1) is 0 Å². The number of carbonyl (C=O) groups is 1. The summed E-state index contributed by atoms with van der Waals surface area (Å²) >= 11 is 0. The third-order valence-electron chi connectivity index (χ3n) is 2.89. The summed E-state index contributed by atoms with van der Waals surface area (Å²) in [5, 5.41) is 0. The molecule has 1 amide bonds. The molecule has 1 rings (SSSR count). The largest absolute Gasteiger partial charge is 0.335 e. The van der Waals surface area contributed by atoms with E-state index in [9.17, 15) is 4.79 Å². The highest BCUT2D eigenvalue weighted by molar-refractivity contribution is 5.82. The first-order valence-electron chi connectivity index (χ1n) is 5.41. The molecule has 0 unspecified atom stereocenters. The van der Waals surface area contributed by atoms with Crippen LogP contribution < -0.4 is 5.73 Å². The van der Waals surface area contributed by atoms with E-state index < -0.39 is 0 Å². The summed E-state index contributed by atoms with van der Waals surface area (Å²) in [5.74, 6) is 0.449. The molecule has 0 aliphatic carbocycles. The summed E-state index contributed by atoms with van der Waals surface area (Å²) in [6.07, 6.45) is 1.79. The Morgan fingerprint density at radius 3 is 2.43 bits per heavy atom. The zero-order valence-corrected chi connectivity index (χ0v) is 9.71. The zero-order valence-electron chi connectivity index (χ0n) is 9.71. The lowest BCUT2D eigenvalue weighted by Gasteiger charge is -2.35. The lowest BCUT2D eigenvalue weighted by molar-refractivity contribution is -0.136. The number of amides is 1. The fraction of sp³-hybridized carbons (Fsp3) is 0.909. The predicted octanol–water partition coefficient (Wildman–Crippen LogP) is 1.37. The van der Waals surface area contributed by atoms with Gasteiger partial charge < -0.3 is 10.6 Å². The Bertz CT molecular complexity index is 220. The molecular formula is C11H22N2O. The second-order valence-electron chi connectivity index (χ2n) is 5.24. The monoisotopic (exact) mass is 198 g/mol. The maximum absolute atomic E-state index is 12.0. The molecule has 0 saturated carbocycles. The normalized spacial score (nSPS) is 28.6. The fourth-order valence-electron chi connectivity index (χ4n) is 2.47. The second-order valence-corrected chi connectivity index (χ2v) is 5.24. The van der Waals surface area contributed by atoms with Gasteiger partial charge in [-0.25, -0.2) is 0 Å². The molecule has 14 heavy (non-hydrogen) atoms. The van der Waals surface area contributed by atoms with Gasteiger partial charge in [0.15, 0.2) is 0 Å². The molecule has 0 spiro atoms. The van der Waals surface area contributed by atoms with Crippen molar-refractivity contribution in [3.8, 4) is 0 Å². The van der Waals surface area contributed by atoms with Gasteiger partial charge in [0.25, 0.3) is 0 Å². The summed E-state index contributed by atoms with van der Waals surface area (Å²) < 4.78 is 0. The molecule has 0 bridgehead atoms. The first kappa shape index (κ1) is 11.5. The summed E-state index contributed by atoms with van der Waals surface area (Å²) in [5.41, 5.74) is 5.44. The molecule has 1 aliphatic heterocycles. The molecular weight excluding hydrogens is 176 g/mol. The minimum Gasteiger partial charge on any atom is -0.335 e. The first-order chi connectivity index (χ1) is 6.38. The standard InChI is InChI=1S/C11H22N2O/c1-8-7-9(5-6-12)10(14)13(8)11(2,3)4/h8-9H,5-7,12H2,1-4H3/t8-,9-/m0/s1. The van der Waals surface area contributed by atoms with E-state index in [4.69, 9.17) is 5.73 Å². The molecule has 0 aromatic rings. The number of hydrogen-bond acceptors (Lipinski definition) is 2. The Hall–Kier alpha value is -0.570. The number of rotatable bonds is 2. The SMILES string of the molecule is C[C@H]1C[C@H](CCN)C(=O)N1C(C)(C)C. The van der Waals surface area contributed by atoms with Gasteiger partial charge in [0.05, 0.1) is 0 Å². The molecule has 1 heterocycles. The van der Waals surface area contributed by atoms with Crippen LogP contribution in [0.2, 0.25) is 0 Å². The van der Waals surface area contributed by atoms with Crippen LogP contribution in [-0.4, -0.2) is 28.9 Å². The van der Waals surface area contributed by atoms with E-state index in [1.165, 1.54) is 0 Å². The maximum Gasteiger partial charge on any atom is 0.226 e. The minimum absolute atomic E-state index is 0.0557. The molecule has 3 heteroatoms. The van der Waals surface area contributed by atoms with Crippen LogP contribution in [0.5, 0.6) is 0 Å². The topological polar surface area (TPSA) is 46.3 Å². The highest BCUT2D eigenvalue weighted by Crippen LogP contribution is 2.32. The Morgan fingerprint density at radius 1 is 1.50 bits per heavy atom. The van der Waals surface area contributed by atoms with Crippen LogP contribution >= 0.6 is 0 Å². The molecule has 82 valence electrons. The molecule has 0 radical (unpaired) electrons. The van der Waals surface area contributed by atoms with Crippen LogP contribution in [0.15, 0.2) is 0 Å². The van der Waals surface area contributed by atoms with Gasteiger partial charge in [-0.1, -0.05) is 0 Å². The van der Waals surface area contributed by atoms with E-state index in [1.54, 1.807) is 0 Å². The van der Waals surface area contributed by atoms with Crippen molar-refractivity contribution < 1.29 is 4.79 Å². The molecule has 0 aromatic carbocycles. The molecule has 1 aliphatic rings. The summed E-state index contributed by atoms with van der Waals surface area (Å²) in [7, 11) is 0. The Morgan fingerprint density at radius 2 is 2.07 bits per heavy atom. The van der Waals surface area contributed by atoms with Crippen LogP contribution in [-0.2, 0) is 4.79 Å². The highest BCUT2D eigenvalue weighted by atomic mass is 16.2. The maximum atomic E-state index is 12.0. The average molecular weight is 198 g/mol. The van der Waals surface area contributed by atoms with Crippen molar-refractivity contribution in [1.82, 2.24) is 4.90 Å². The van der Waals surface area contributed by atoms with Gasteiger partial charge in [0.2, 0.25) is 5.91 Å². The number of likely N-dealkylation sites (tertiary alicyclic amines) is 1. The van der Waals surface area contributed by atoms with Gasteiger partial charge >= 0.3 is 0 Å². The smallest absolute Gasteiger partial charge is 0.226 e. The number of nitrogens with two attached hydrogens (primary N) is 1. The summed E-state index contributed by atoms with van der Waals surface area (Å²) in [6, 6.07) is 0.360. The van der Waals surface area contributed by atoms with Gasteiger partial charge in [-0.2, -0.15) is 0 Å². The van der Waals surface area contributed by atoms with Gasteiger partial charge in [0, 0.05) is 17.5 Å². The number of carbonyl (C=O) groups excluding carboxylic acids is 1. The quantitative estimate of drug-likeness (QED) is 0.728. The first-order valence-corrected chi connectivity index (χ1v) is 5.41. The van der Waals surface area contributed by atoms with Crippen LogP contribution in [0.3, 0.4) is 0 Å². The van der Waals surface area contributed by atoms with Gasteiger partial charge in [-0.05, 0) is 47.1 Å². The summed E-state index contributed by atoms with van der Waals surface area (Å²) in [4.78, 5) is 14.0. The molecule has 2 atom stereocenters. The molecule has 0 aromatic heterocycles. The van der Waals surface area contributed by atoms with Crippen molar-refractivity contribution in [3.05, 3.63) is 0 Å². The highest BCUT2D eigenvalue weighted by Gasteiger charge is 2.41. The van der Waals surface area contributed by atoms with Crippen molar-refractivity contribution in [3.63, 3.8) is 0 Å². The Balaban J connectivity index is 2.75. The van der Waals surface area contributed by atoms with Crippen molar-refractivity contribution in [2.75, 3.05) is 6.54 Å². The van der Waals surface area contributed by atoms with E-state index in [2.05, 4.69) is 27.7 Å². The Labute approximate surface area is 86.6 Å². The lowest BCUT2D eigenvalue weighted by atomic mass is 10.0. The van der Waals surface area contributed by atoms with Crippen LogP contribution in [0.4, 0.5) is 0 Å². The van der Waals surface area contributed by atoms with E-state index in [-0.39, 0.29) is 17.4 Å². The van der Waals surface area contributed by atoms with E-state index >= 15 is 0 Å². The molecule has 3 nitrogen and oxygen atoms in total. The van der Waals surface area contributed by atoms with E-state index in [0.29, 0.717) is 12.6 Å². The van der Waals surface area contributed by atoms with E-state index in [1.807, 2.05) is 4.90 Å². The van der Waals surface area contributed by atoms with Crippen LogP contribution in [0.25, 0.3) is 0 Å². The van der Waals surface area contributed by atoms with Gasteiger partial charge in [0.1, 0.15) is 0 Å². The summed E-state index contributed by atoms with van der Waals surface area (Å²) in [6.45, 7) is 9.01. The average Bonchev–Trinajstić information content (AvgIpc) is 2.26. The molecule has 2 N–H and O–H groups in total. The number of nitrogens with zero attached hydrogens (tertiary/aromatic N) is 1. The van der Waals surface area contributed by atoms with Gasteiger partial charge in [-0.3, -0.25) is 4.79 Å². The second kappa shape index (κ2) is 3.89. The van der Waals surface area contributed by atoms with Crippen molar-refractivity contribution in [2.45, 2.75) is 52.1 Å². The van der Waals surface area contributed by atoms with Crippen LogP contribution in [0, 0.1) is 5.92 Å². The van der Waals surface area contributed by atoms with Crippen molar-refractivity contribution in [2.24, 2.45) is 11.7 Å². The minimum atomic E-state index is -0.0557. The third-order valence-corrected chi connectivity index (χ3v) is 2.89. The Kier molecular flexibility index (Phi) is 3.20. The zero-order chi connectivity index (χ0) is 10.9. The fourth-order valence-corrected chi connectivity index (χ4v) is 2.47. The molecule has 1 fully saturated rings. The van der Waals surface area contributed by atoms with Crippen molar-refractivity contribution in [1.29, 1.82) is 0 Å². The van der Waals surface area contributed by atoms with E-state index in [0.717, 1.165) is 12.8 Å². The van der Waals surface area contributed by atoms with Crippen molar-refractivity contribution >= 4 is 5.91 Å². The number of hydrogen-bond donors (Lipinski definition) is 1. The molecule has 1 saturated heterocycles.